The lowest BCUT2D eigenvalue weighted by molar-refractivity contribution is -0.114. The highest BCUT2D eigenvalue weighted by atomic mass is 35.5. The zero-order valence-corrected chi connectivity index (χ0v) is 19.6. The molecule has 0 fully saturated rings. The van der Waals surface area contributed by atoms with Crippen molar-refractivity contribution in [3.05, 3.63) is 58.1 Å². The summed E-state index contributed by atoms with van der Waals surface area (Å²) in [5, 5.41) is 24.2. The Morgan fingerprint density at radius 2 is 1.89 bits per heavy atom. The Bertz CT molecular complexity index is 1450. The number of carbonyl (C=O) groups excluding carboxylic acids is 2. The summed E-state index contributed by atoms with van der Waals surface area (Å²) in [4.78, 5) is 45.8. The minimum Gasteiger partial charge on any atom is -0.478 e. The van der Waals surface area contributed by atoms with Crippen LogP contribution in [0, 0.1) is 11.3 Å². The molecule has 1 aliphatic rings. The third-order valence-corrected chi connectivity index (χ3v) is 5.13. The standard InChI is InChI=1S/C23H17ClN6O6/c1-30(2)21(32)12-6-13(22(33)34)8-14(7-12)35-20-18-19(26-10-17(31)27-18)28-23(29-20)36-16-5-11(9-25)3-4-15(16)24/h3-8H,10H2,1-2H3,(H,27,31)(H,33,34)(H,26,28,29). The first-order valence-corrected chi connectivity index (χ1v) is 10.6. The molecule has 0 saturated heterocycles. The Labute approximate surface area is 209 Å². The highest BCUT2D eigenvalue weighted by molar-refractivity contribution is 6.32. The number of nitriles is 1. The molecule has 1 aliphatic heterocycles. The van der Waals surface area contributed by atoms with E-state index in [1.807, 2.05) is 6.07 Å². The zero-order chi connectivity index (χ0) is 26.0. The summed E-state index contributed by atoms with van der Waals surface area (Å²) >= 11 is 6.17. The molecule has 36 heavy (non-hydrogen) atoms. The fraction of sp³-hybridized carbons (Fsp3) is 0.130. The number of hydrogen-bond acceptors (Lipinski definition) is 9. The van der Waals surface area contributed by atoms with E-state index in [-0.39, 0.29) is 63.2 Å². The molecule has 3 aromatic rings. The fourth-order valence-corrected chi connectivity index (χ4v) is 3.31. The van der Waals surface area contributed by atoms with E-state index in [0.717, 1.165) is 0 Å². The monoisotopic (exact) mass is 508 g/mol. The zero-order valence-electron chi connectivity index (χ0n) is 18.8. The molecule has 3 N–H and O–H groups in total. The van der Waals surface area contributed by atoms with Crippen molar-refractivity contribution in [1.29, 1.82) is 5.26 Å². The van der Waals surface area contributed by atoms with Gasteiger partial charge in [0.25, 0.3) is 11.8 Å². The second-order valence-corrected chi connectivity index (χ2v) is 8.06. The maximum Gasteiger partial charge on any atom is 0.335 e. The predicted octanol–water partition coefficient (Wildman–Crippen LogP) is 3.35. The molecule has 2 heterocycles. The lowest BCUT2D eigenvalue weighted by Crippen LogP contribution is -2.28. The lowest BCUT2D eigenvalue weighted by Gasteiger charge is -2.21. The van der Waals surface area contributed by atoms with Crippen molar-refractivity contribution >= 4 is 40.9 Å². The second-order valence-electron chi connectivity index (χ2n) is 7.65. The molecule has 0 spiro atoms. The van der Waals surface area contributed by atoms with Crippen LogP contribution in [-0.2, 0) is 4.79 Å². The van der Waals surface area contributed by atoms with Gasteiger partial charge in [-0.05, 0) is 30.3 Å². The van der Waals surface area contributed by atoms with Crippen LogP contribution in [0.2, 0.25) is 5.02 Å². The van der Waals surface area contributed by atoms with Crippen LogP contribution in [0.3, 0.4) is 0 Å². The van der Waals surface area contributed by atoms with E-state index in [4.69, 9.17) is 26.3 Å². The number of carbonyl (C=O) groups is 3. The van der Waals surface area contributed by atoms with Crippen LogP contribution in [0.25, 0.3) is 0 Å². The molecule has 1 aromatic heterocycles. The molecule has 4 rings (SSSR count). The predicted molar refractivity (Wildman–Crippen MR) is 127 cm³/mol. The molecule has 2 amide bonds. The van der Waals surface area contributed by atoms with Crippen molar-refractivity contribution in [1.82, 2.24) is 14.9 Å². The number of rotatable bonds is 6. The van der Waals surface area contributed by atoms with E-state index in [1.165, 1.54) is 55.4 Å². The van der Waals surface area contributed by atoms with E-state index in [1.54, 1.807) is 0 Å². The first-order chi connectivity index (χ1) is 17.1. The van der Waals surface area contributed by atoms with Gasteiger partial charge in [0.05, 0.1) is 28.8 Å². The topological polar surface area (TPSA) is 167 Å². The van der Waals surface area contributed by atoms with E-state index < -0.39 is 17.8 Å². The average molecular weight is 509 g/mol. The van der Waals surface area contributed by atoms with E-state index in [9.17, 15) is 19.5 Å². The van der Waals surface area contributed by atoms with Gasteiger partial charge in [-0.15, -0.1) is 0 Å². The largest absolute Gasteiger partial charge is 0.478 e. The number of aromatic nitrogens is 2. The van der Waals surface area contributed by atoms with Crippen molar-refractivity contribution in [3.63, 3.8) is 0 Å². The number of nitrogens with one attached hydrogen (secondary N) is 2. The summed E-state index contributed by atoms with van der Waals surface area (Å²) in [7, 11) is 3.04. The molecule has 0 aliphatic carbocycles. The first-order valence-electron chi connectivity index (χ1n) is 10.3. The van der Waals surface area contributed by atoms with Crippen LogP contribution in [0.1, 0.15) is 26.3 Å². The summed E-state index contributed by atoms with van der Waals surface area (Å²) in [6, 6.07) is 9.89. The maximum absolute atomic E-state index is 12.5. The van der Waals surface area contributed by atoms with Gasteiger partial charge in [0.1, 0.15) is 11.4 Å². The minimum atomic E-state index is -1.27. The molecule has 0 radical (unpaired) electrons. The molecule has 0 atom stereocenters. The molecule has 2 aromatic carbocycles. The van der Waals surface area contributed by atoms with E-state index >= 15 is 0 Å². The van der Waals surface area contributed by atoms with Crippen molar-refractivity contribution in [3.8, 4) is 29.5 Å². The van der Waals surface area contributed by atoms with Gasteiger partial charge in [-0.3, -0.25) is 9.59 Å². The van der Waals surface area contributed by atoms with Crippen molar-refractivity contribution in [2.45, 2.75) is 0 Å². The van der Waals surface area contributed by atoms with Crippen molar-refractivity contribution in [2.24, 2.45) is 0 Å². The minimum absolute atomic E-state index is 0.0312. The molecule has 0 saturated carbocycles. The van der Waals surface area contributed by atoms with Crippen molar-refractivity contribution < 1.29 is 29.0 Å². The quantitative estimate of drug-likeness (QED) is 0.449. The molecule has 0 unspecified atom stereocenters. The van der Waals surface area contributed by atoms with Crippen LogP contribution in [0.5, 0.6) is 23.4 Å². The lowest BCUT2D eigenvalue weighted by atomic mass is 10.1. The molecule has 13 heteroatoms. The number of amides is 2. The smallest absolute Gasteiger partial charge is 0.335 e. The molecule has 182 valence electrons. The van der Waals surface area contributed by atoms with Gasteiger partial charge in [0.2, 0.25) is 5.91 Å². The Morgan fingerprint density at radius 1 is 1.14 bits per heavy atom. The number of aromatic carboxylic acids is 1. The summed E-state index contributed by atoms with van der Waals surface area (Å²) < 4.78 is 11.5. The third kappa shape index (κ3) is 5.11. The van der Waals surface area contributed by atoms with Gasteiger partial charge in [-0.1, -0.05) is 11.6 Å². The van der Waals surface area contributed by atoms with E-state index in [2.05, 4.69) is 20.6 Å². The number of nitrogens with zero attached hydrogens (tertiary/aromatic N) is 4. The number of halogens is 1. The van der Waals surface area contributed by atoms with Crippen molar-refractivity contribution in [2.75, 3.05) is 31.3 Å². The third-order valence-electron chi connectivity index (χ3n) is 4.82. The van der Waals surface area contributed by atoms with Gasteiger partial charge >= 0.3 is 12.0 Å². The Morgan fingerprint density at radius 3 is 2.58 bits per heavy atom. The highest BCUT2D eigenvalue weighted by Crippen LogP contribution is 2.38. The molecular formula is C23H17ClN6O6. The Kier molecular flexibility index (Phi) is 6.58. The first kappa shape index (κ1) is 24.2. The average Bonchev–Trinajstić information content (AvgIpc) is 2.85. The summed E-state index contributed by atoms with van der Waals surface area (Å²) in [5.74, 6) is -2.06. The van der Waals surface area contributed by atoms with Gasteiger partial charge in [-0.25, -0.2) is 4.79 Å². The highest BCUT2D eigenvalue weighted by Gasteiger charge is 2.25. The van der Waals surface area contributed by atoms with E-state index in [0.29, 0.717) is 0 Å². The number of benzene rings is 2. The SMILES string of the molecule is CN(C)C(=O)c1cc(Oc2nc(Oc3cc(C#N)ccc3Cl)nc3c2NC(=O)CN3)cc(C(=O)O)c1. The normalized spacial score (nSPS) is 11.9. The van der Waals surface area contributed by atoms with Gasteiger partial charge in [0.15, 0.2) is 11.6 Å². The van der Waals surface area contributed by atoms with Gasteiger partial charge in [-0.2, -0.15) is 15.2 Å². The molecular weight excluding hydrogens is 492 g/mol. The number of ether oxygens (including phenoxy) is 2. The van der Waals surface area contributed by atoms with Crippen LogP contribution in [0.4, 0.5) is 11.5 Å². The summed E-state index contributed by atoms with van der Waals surface area (Å²) in [6.07, 6.45) is 0. The van der Waals surface area contributed by atoms with Crippen LogP contribution >= 0.6 is 11.6 Å². The Balaban J connectivity index is 1.78. The second kappa shape index (κ2) is 9.77. The number of hydrogen-bond donors (Lipinski definition) is 3. The van der Waals surface area contributed by atoms with Gasteiger partial charge < -0.3 is 30.1 Å². The van der Waals surface area contributed by atoms with Crippen LogP contribution < -0.4 is 20.1 Å². The Hall–Kier alpha value is -4.89. The number of anilines is 2. The van der Waals surface area contributed by atoms with Crippen LogP contribution in [0.15, 0.2) is 36.4 Å². The number of carboxylic acids is 1. The number of carboxylic acid groups (broad SMARTS) is 1. The van der Waals surface area contributed by atoms with Gasteiger partial charge in [0, 0.05) is 25.7 Å². The summed E-state index contributed by atoms with van der Waals surface area (Å²) in [5.41, 5.74) is 0.241. The number of fused-ring (bicyclic) bond motifs is 1. The fourth-order valence-electron chi connectivity index (χ4n) is 3.15. The summed E-state index contributed by atoms with van der Waals surface area (Å²) in [6.45, 7) is -0.0798. The molecule has 0 bridgehead atoms. The van der Waals surface area contributed by atoms with Crippen LogP contribution in [-0.4, -0.2) is 58.4 Å². The molecule has 12 nitrogen and oxygen atoms in total. The maximum atomic E-state index is 12.5.